The Kier molecular flexibility index (Phi) is 6.43. The van der Waals surface area contributed by atoms with Gasteiger partial charge in [0.15, 0.2) is 0 Å². The summed E-state index contributed by atoms with van der Waals surface area (Å²) < 4.78 is 0. The number of nitrogens with one attached hydrogen (secondary N) is 2. The van der Waals surface area contributed by atoms with E-state index in [2.05, 4.69) is 46.6 Å². The lowest BCUT2D eigenvalue weighted by Crippen LogP contribution is -2.35. The van der Waals surface area contributed by atoms with Gasteiger partial charge in [0.25, 0.3) is 5.91 Å². The first-order valence-electron chi connectivity index (χ1n) is 10.0. The van der Waals surface area contributed by atoms with Crippen molar-refractivity contribution < 1.29 is 4.79 Å². The van der Waals surface area contributed by atoms with Crippen molar-refractivity contribution in [3.8, 4) is 0 Å². The van der Waals surface area contributed by atoms with Gasteiger partial charge < -0.3 is 10.6 Å². The van der Waals surface area contributed by atoms with E-state index in [1.165, 1.54) is 31.2 Å². The number of rotatable bonds is 5. The van der Waals surface area contributed by atoms with Crippen LogP contribution < -0.4 is 10.6 Å². The maximum absolute atomic E-state index is 12.7. The second-order valence-electron chi connectivity index (χ2n) is 7.78. The molecule has 2 aromatic rings. The van der Waals surface area contributed by atoms with E-state index in [1.807, 2.05) is 19.1 Å². The Morgan fingerprint density at radius 1 is 1.04 bits per heavy atom. The van der Waals surface area contributed by atoms with Crippen molar-refractivity contribution in [3.63, 3.8) is 0 Å². The largest absolute Gasteiger partial charge is 0.348 e. The van der Waals surface area contributed by atoms with Crippen LogP contribution in [0.15, 0.2) is 30.3 Å². The Hall–Kier alpha value is -2.43. The molecule has 0 unspecified atom stereocenters. The quantitative estimate of drug-likeness (QED) is 0.722. The van der Waals surface area contributed by atoms with Gasteiger partial charge in [-0.1, -0.05) is 51.7 Å². The van der Waals surface area contributed by atoms with E-state index in [0.717, 1.165) is 24.2 Å². The molecule has 1 amide bonds. The Morgan fingerprint density at radius 3 is 2.33 bits per heavy atom. The molecule has 1 fully saturated rings. The van der Waals surface area contributed by atoms with Crippen LogP contribution in [0.5, 0.6) is 0 Å². The second-order valence-corrected chi connectivity index (χ2v) is 7.78. The van der Waals surface area contributed by atoms with Crippen LogP contribution in [0.25, 0.3) is 0 Å². The van der Waals surface area contributed by atoms with E-state index >= 15 is 0 Å². The summed E-state index contributed by atoms with van der Waals surface area (Å²) in [5.41, 5.74) is 3.40. The average Bonchev–Trinajstić information content (AvgIpc) is 2.90. The molecule has 3 rings (SSSR count). The molecule has 0 bridgehead atoms. The summed E-state index contributed by atoms with van der Waals surface area (Å²) in [5, 5.41) is 6.37. The third-order valence-corrected chi connectivity index (χ3v) is 5.11. The molecular formula is C22H30N4O. The van der Waals surface area contributed by atoms with Crippen molar-refractivity contribution in [1.82, 2.24) is 15.3 Å². The molecule has 1 saturated carbocycles. The predicted molar refractivity (Wildman–Crippen MR) is 110 cm³/mol. The van der Waals surface area contributed by atoms with Gasteiger partial charge in [0.1, 0.15) is 5.69 Å². The molecule has 1 aliphatic rings. The highest BCUT2D eigenvalue weighted by molar-refractivity contribution is 5.92. The lowest BCUT2D eigenvalue weighted by molar-refractivity contribution is 0.0928. The molecule has 2 N–H and O–H groups in total. The summed E-state index contributed by atoms with van der Waals surface area (Å²) in [5.74, 6) is 0.845. The summed E-state index contributed by atoms with van der Waals surface area (Å²) in [6, 6.07) is 10.2. The Labute approximate surface area is 162 Å². The minimum absolute atomic E-state index is 0.106. The van der Waals surface area contributed by atoms with E-state index in [1.54, 1.807) is 6.07 Å². The number of amides is 1. The molecule has 1 aliphatic carbocycles. The SMILES string of the molecule is Cc1cc(C(=O)NC2CCCCCC2)nc(Nc2ccc(C(C)C)cc2)n1. The fourth-order valence-corrected chi connectivity index (χ4v) is 3.50. The van der Waals surface area contributed by atoms with Crippen LogP contribution in [0, 0.1) is 6.92 Å². The van der Waals surface area contributed by atoms with Crippen LogP contribution >= 0.6 is 0 Å². The van der Waals surface area contributed by atoms with Gasteiger partial charge >= 0.3 is 0 Å². The normalized spacial score (nSPS) is 15.4. The third kappa shape index (κ3) is 5.52. The molecule has 0 aliphatic heterocycles. The standard InChI is InChI=1S/C22H30N4O/c1-15(2)17-10-12-19(13-11-17)25-22-23-16(3)14-20(26-22)21(27)24-18-8-6-4-5-7-9-18/h10-15,18H,4-9H2,1-3H3,(H,24,27)(H,23,25,26). The molecule has 5 heteroatoms. The van der Waals surface area contributed by atoms with Crippen LogP contribution in [0.2, 0.25) is 0 Å². The number of aromatic nitrogens is 2. The smallest absolute Gasteiger partial charge is 0.270 e. The van der Waals surface area contributed by atoms with Crippen molar-refractivity contribution in [2.24, 2.45) is 0 Å². The number of hydrogen-bond donors (Lipinski definition) is 2. The molecule has 5 nitrogen and oxygen atoms in total. The van der Waals surface area contributed by atoms with E-state index in [4.69, 9.17) is 0 Å². The molecule has 0 spiro atoms. The monoisotopic (exact) mass is 366 g/mol. The topological polar surface area (TPSA) is 66.9 Å². The molecule has 1 heterocycles. The van der Waals surface area contributed by atoms with Crippen molar-refractivity contribution in [2.45, 2.75) is 71.3 Å². The molecule has 0 atom stereocenters. The number of benzene rings is 1. The molecule has 27 heavy (non-hydrogen) atoms. The van der Waals surface area contributed by atoms with Gasteiger partial charge in [0, 0.05) is 17.4 Å². The van der Waals surface area contributed by atoms with Crippen LogP contribution in [0.4, 0.5) is 11.6 Å². The van der Waals surface area contributed by atoms with Gasteiger partial charge in [0.2, 0.25) is 5.95 Å². The summed E-state index contributed by atoms with van der Waals surface area (Å²) in [7, 11) is 0. The van der Waals surface area contributed by atoms with Gasteiger partial charge in [-0.3, -0.25) is 4.79 Å². The zero-order valence-electron chi connectivity index (χ0n) is 16.6. The first-order valence-corrected chi connectivity index (χ1v) is 10.0. The van der Waals surface area contributed by atoms with E-state index in [9.17, 15) is 4.79 Å². The molecule has 1 aromatic carbocycles. The highest BCUT2D eigenvalue weighted by atomic mass is 16.1. The van der Waals surface area contributed by atoms with Gasteiger partial charge in [-0.05, 0) is 49.4 Å². The predicted octanol–water partition coefficient (Wildman–Crippen LogP) is 5.10. The van der Waals surface area contributed by atoms with E-state index in [-0.39, 0.29) is 11.9 Å². The lowest BCUT2D eigenvalue weighted by Gasteiger charge is -2.16. The van der Waals surface area contributed by atoms with Crippen molar-refractivity contribution in [3.05, 3.63) is 47.3 Å². The van der Waals surface area contributed by atoms with Crippen LogP contribution in [0.3, 0.4) is 0 Å². The zero-order chi connectivity index (χ0) is 19.2. The average molecular weight is 367 g/mol. The number of anilines is 2. The molecule has 0 radical (unpaired) electrons. The number of carbonyl (C=O) groups is 1. The molecule has 1 aromatic heterocycles. The minimum atomic E-state index is -0.106. The van der Waals surface area contributed by atoms with E-state index < -0.39 is 0 Å². The number of hydrogen-bond acceptors (Lipinski definition) is 4. The van der Waals surface area contributed by atoms with Crippen LogP contribution in [0.1, 0.15) is 80.0 Å². The van der Waals surface area contributed by atoms with Gasteiger partial charge in [-0.2, -0.15) is 0 Å². The number of aryl methyl sites for hydroxylation is 1. The summed E-state index contributed by atoms with van der Waals surface area (Å²) in [6.45, 7) is 6.23. The first kappa shape index (κ1) is 19.3. The fourth-order valence-electron chi connectivity index (χ4n) is 3.50. The Morgan fingerprint density at radius 2 is 1.70 bits per heavy atom. The number of carbonyl (C=O) groups excluding carboxylic acids is 1. The van der Waals surface area contributed by atoms with Gasteiger partial charge in [-0.15, -0.1) is 0 Å². The Balaban J connectivity index is 1.70. The maximum Gasteiger partial charge on any atom is 0.270 e. The summed E-state index contributed by atoms with van der Waals surface area (Å²) >= 11 is 0. The Bertz CT molecular complexity index is 762. The summed E-state index contributed by atoms with van der Waals surface area (Å²) in [6.07, 6.45) is 7.03. The first-order chi connectivity index (χ1) is 13.0. The molecular weight excluding hydrogens is 336 g/mol. The van der Waals surface area contributed by atoms with Crippen molar-refractivity contribution in [1.29, 1.82) is 0 Å². The van der Waals surface area contributed by atoms with Crippen LogP contribution in [-0.2, 0) is 0 Å². The van der Waals surface area contributed by atoms with Gasteiger partial charge in [0.05, 0.1) is 0 Å². The van der Waals surface area contributed by atoms with Crippen molar-refractivity contribution >= 4 is 17.5 Å². The zero-order valence-corrected chi connectivity index (χ0v) is 16.6. The van der Waals surface area contributed by atoms with Crippen LogP contribution in [-0.4, -0.2) is 21.9 Å². The highest BCUT2D eigenvalue weighted by Gasteiger charge is 2.17. The van der Waals surface area contributed by atoms with Crippen molar-refractivity contribution in [2.75, 3.05) is 5.32 Å². The summed E-state index contributed by atoms with van der Waals surface area (Å²) in [4.78, 5) is 21.5. The highest BCUT2D eigenvalue weighted by Crippen LogP contribution is 2.20. The fraction of sp³-hybridized carbons (Fsp3) is 0.500. The molecule has 144 valence electrons. The lowest BCUT2D eigenvalue weighted by atomic mass is 10.0. The van der Waals surface area contributed by atoms with E-state index in [0.29, 0.717) is 17.6 Å². The minimum Gasteiger partial charge on any atom is -0.348 e. The number of nitrogens with zero attached hydrogens (tertiary/aromatic N) is 2. The van der Waals surface area contributed by atoms with Gasteiger partial charge in [-0.25, -0.2) is 9.97 Å². The maximum atomic E-state index is 12.7. The molecule has 0 saturated heterocycles. The third-order valence-electron chi connectivity index (χ3n) is 5.11. The second kappa shape index (κ2) is 8.98.